The van der Waals surface area contributed by atoms with Crippen molar-refractivity contribution in [2.45, 2.75) is 86.2 Å². The van der Waals surface area contributed by atoms with Gasteiger partial charge < -0.3 is 0 Å². The number of hydrogen-bond donors (Lipinski definition) is 0. The van der Waals surface area contributed by atoms with E-state index in [9.17, 15) is 0 Å². The lowest BCUT2D eigenvalue weighted by atomic mass is 9.53. The lowest BCUT2D eigenvalue weighted by Crippen LogP contribution is -2.61. The molecule has 0 N–H and O–H groups in total. The Bertz CT molecular complexity index is 459. The number of hydrogen-bond acceptors (Lipinski definition) is 1. The fourth-order valence-electron chi connectivity index (χ4n) is 6.54. The Morgan fingerprint density at radius 3 is 2.14 bits per heavy atom. The lowest BCUT2D eigenvalue weighted by molar-refractivity contribution is -0.0790. The third kappa shape index (κ3) is 2.22. The van der Waals surface area contributed by atoms with Gasteiger partial charge in [-0.3, -0.25) is 4.90 Å². The fourth-order valence-corrected chi connectivity index (χ4v) is 6.54. The second kappa shape index (κ2) is 5.65. The molecule has 0 radical (unpaired) electrons. The van der Waals surface area contributed by atoms with Crippen LogP contribution in [0, 0.1) is 29.1 Å². The van der Waals surface area contributed by atoms with Crippen molar-refractivity contribution in [2.75, 3.05) is 6.54 Å². The Hall–Kier alpha value is -0.300. The molecule has 3 aliphatic rings. The van der Waals surface area contributed by atoms with E-state index in [-0.39, 0.29) is 0 Å². The van der Waals surface area contributed by atoms with Crippen molar-refractivity contribution < 1.29 is 0 Å². The highest BCUT2D eigenvalue weighted by atomic mass is 15.2. The second-order valence-corrected chi connectivity index (χ2v) is 9.27. The molecular formula is C21H37N. The van der Waals surface area contributed by atoms with Crippen LogP contribution in [-0.2, 0) is 0 Å². The van der Waals surface area contributed by atoms with E-state index in [1.807, 2.05) is 11.1 Å². The summed E-state index contributed by atoms with van der Waals surface area (Å²) in [6.45, 7) is 18.4. The molecule has 3 rings (SSSR count). The lowest BCUT2D eigenvalue weighted by Gasteiger charge is -2.60. The average Bonchev–Trinajstić information content (AvgIpc) is 2.64. The van der Waals surface area contributed by atoms with Gasteiger partial charge in [0.25, 0.3) is 0 Å². The molecule has 0 amide bonds. The molecule has 0 bridgehead atoms. The summed E-state index contributed by atoms with van der Waals surface area (Å²) in [6.07, 6.45) is 5.78. The van der Waals surface area contributed by atoms with Gasteiger partial charge in [-0.25, -0.2) is 0 Å². The first-order valence-corrected chi connectivity index (χ1v) is 9.79. The maximum atomic E-state index is 2.81. The van der Waals surface area contributed by atoms with E-state index in [2.05, 4.69) is 53.4 Å². The Morgan fingerprint density at radius 1 is 1.00 bits per heavy atom. The number of nitrogens with zero attached hydrogens (tertiary/aromatic N) is 1. The molecule has 0 aromatic rings. The number of likely N-dealkylation sites (tertiary alicyclic amines) is 1. The molecular weight excluding hydrogens is 266 g/mol. The molecule has 126 valence electrons. The average molecular weight is 304 g/mol. The Morgan fingerprint density at radius 2 is 1.68 bits per heavy atom. The zero-order valence-corrected chi connectivity index (χ0v) is 15.9. The van der Waals surface area contributed by atoms with Crippen molar-refractivity contribution >= 4 is 0 Å². The number of piperidine rings is 1. The molecule has 1 nitrogen and oxygen atoms in total. The van der Waals surface area contributed by atoms with E-state index < -0.39 is 0 Å². The number of rotatable bonds is 3. The van der Waals surface area contributed by atoms with Gasteiger partial charge >= 0.3 is 0 Å². The quantitative estimate of drug-likeness (QED) is 0.621. The van der Waals surface area contributed by atoms with Crippen molar-refractivity contribution in [3.05, 3.63) is 11.1 Å². The number of fused-ring (bicyclic) bond motifs is 2. The van der Waals surface area contributed by atoms with Crippen LogP contribution in [0.5, 0.6) is 0 Å². The van der Waals surface area contributed by atoms with Crippen LogP contribution >= 0.6 is 0 Å². The first kappa shape index (κ1) is 16.6. The fraction of sp³-hybridized carbons (Fsp3) is 0.905. The summed E-state index contributed by atoms with van der Waals surface area (Å²) >= 11 is 0. The van der Waals surface area contributed by atoms with Crippen LogP contribution in [0.2, 0.25) is 0 Å². The Balaban J connectivity index is 2.00. The summed E-state index contributed by atoms with van der Waals surface area (Å²) in [5.41, 5.74) is 4.29. The highest BCUT2D eigenvalue weighted by Gasteiger charge is 2.58. The zero-order valence-electron chi connectivity index (χ0n) is 15.9. The molecule has 1 saturated heterocycles. The molecule has 22 heavy (non-hydrogen) atoms. The molecule has 1 heteroatoms. The topological polar surface area (TPSA) is 3.24 Å². The summed E-state index contributed by atoms with van der Waals surface area (Å²) in [5.74, 6) is 3.21. The summed E-state index contributed by atoms with van der Waals surface area (Å²) in [6, 6.07) is 1.60. The largest absolute Gasteiger partial charge is 0.298 e. The van der Waals surface area contributed by atoms with Gasteiger partial charge in [0.2, 0.25) is 0 Å². The monoisotopic (exact) mass is 303 g/mol. The third-order valence-electron chi connectivity index (χ3n) is 7.10. The standard InChI is InChI=1S/C21H37N/c1-13(2)19-16(7)12-21(20(19)14(3)4)10-11-22(15(5)6)18-9-8-17(18)21/h13-18H,8-12H2,1-7H3/t16-,17-,18+,21-/m1/s1. The minimum absolute atomic E-state index is 0.557. The molecule has 1 saturated carbocycles. The summed E-state index contributed by atoms with van der Waals surface area (Å²) in [5, 5.41) is 0. The van der Waals surface area contributed by atoms with Gasteiger partial charge in [-0.05, 0) is 75.2 Å². The van der Waals surface area contributed by atoms with E-state index in [1.54, 1.807) is 0 Å². The molecule has 4 atom stereocenters. The van der Waals surface area contributed by atoms with Crippen molar-refractivity contribution in [1.29, 1.82) is 0 Å². The van der Waals surface area contributed by atoms with Crippen LogP contribution in [-0.4, -0.2) is 23.5 Å². The maximum Gasteiger partial charge on any atom is 0.0135 e. The van der Waals surface area contributed by atoms with Crippen LogP contribution in [0.4, 0.5) is 0 Å². The normalized spacial score (nSPS) is 39.3. The molecule has 1 heterocycles. The van der Waals surface area contributed by atoms with E-state index >= 15 is 0 Å². The van der Waals surface area contributed by atoms with Crippen LogP contribution in [0.25, 0.3) is 0 Å². The second-order valence-electron chi connectivity index (χ2n) is 9.27. The first-order valence-electron chi connectivity index (χ1n) is 9.79. The van der Waals surface area contributed by atoms with E-state index in [4.69, 9.17) is 0 Å². The van der Waals surface area contributed by atoms with Gasteiger partial charge in [0.05, 0.1) is 0 Å². The molecule has 0 unspecified atom stereocenters. The Labute approximate surface area is 138 Å². The SMILES string of the molecule is CC(C)C1=C(C(C)C)[C@]2(CCN(C(C)C)[C@H]3CC[C@H]32)C[C@H]1C. The predicted molar refractivity (Wildman–Crippen MR) is 95.9 cm³/mol. The first-order chi connectivity index (χ1) is 10.3. The third-order valence-corrected chi connectivity index (χ3v) is 7.10. The van der Waals surface area contributed by atoms with Crippen LogP contribution < -0.4 is 0 Å². The van der Waals surface area contributed by atoms with Crippen LogP contribution in [0.3, 0.4) is 0 Å². The summed E-state index contributed by atoms with van der Waals surface area (Å²) < 4.78 is 0. The van der Waals surface area contributed by atoms with E-state index in [0.717, 1.165) is 35.8 Å². The van der Waals surface area contributed by atoms with E-state index in [1.165, 1.54) is 32.2 Å². The van der Waals surface area contributed by atoms with Gasteiger partial charge in [-0.15, -0.1) is 0 Å². The zero-order chi connectivity index (χ0) is 16.2. The highest BCUT2D eigenvalue weighted by molar-refractivity contribution is 5.36. The van der Waals surface area contributed by atoms with Crippen molar-refractivity contribution in [3.8, 4) is 0 Å². The van der Waals surface area contributed by atoms with Gasteiger partial charge in [-0.1, -0.05) is 45.8 Å². The molecule has 2 fully saturated rings. The van der Waals surface area contributed by atoms with Crippen molar-refractivity contribution in [1.82, 2.24) is 4.90 Å². The minimum Gasteiger partial charge on any atom is -0.298 e. The highest BCUT2D eigenvalue weighted by Crippen LogP contribution is 2.64. The van der Waals surface area contributed by atoms with Gasteiger partial charge in [-0.2, -0.15) is 0 Å². The van der Waals surface area contributed by atoms with Crippen molar-refractivity contribution in [2.24, 2.45) is 29.1 Å². The van der Waals surface area contributed by atoms with Gasteiger partial charge in [0.15, 0.2) is 0 Å². The smallest absolute Gasteiger partial charge is 0.0135 e. The van der Waals surface area contributed by atoms with E-state index in [0.29, 0.717) is 5.41 Å². The number of allylic oxidation sites excluding steroid dienone is 2. The molecule has 1 aliphatic heterocycles. The predicted octanol–water partition coefficient (Wildman–Crippen LogP) is 5.51. The Kier molecular flexibility index (Phi) is 4.25. The van der Waals surface area contributed by atoms with Crippen LogP contribution in [0.1, 0.15) is 74.1 Å². The van der Waals surface area contributed by atoms with Crippen molar-refractivity contribution in [3.63, 3.8) is 0 Å². The minimum atomic E-state index is 0.557. The molecule has 2 aliphatic carbocycles. The van der Waals surface area contributed by atoms with Crippen LogP contribution in [0.15, 0.2) is 11.1 Å². The summed E-state index contributed by atoms with van der Waals surface area (Å²) in [7, 11) is 0. The van der Waals surface area contributed by atoms with Gasteiger partial charge in [0.1, 0.15) is 0 Å². The molecule has 0 aromatic carbocycles. The summed E-state index contributed by atoms with van der Waals surface area (Å²) in [4.78, 5) is 2.81. The molecule has 0 aromatic heterocycles. The molecule has 1 spiro atoms. The maximum absolute atomic E-state index is 2.81. The van der Waals surface area contributed by atoms with Gasteiger partial charge in [0, 0.05) is 12.1 Å².